The molecule has 3 aromatic rings. The van der Waals surface area contributed by atoms with E-state index in [4.69, 9.17) is 23.2 Å². The number of amides is 2. The molecule has 0 saturated carbocycles. The van der Waals surface area contributed by atoms with Gasteiger partial charge in [-0.05, 0) is 43.2 Å². The molecule has 0 fully saturated rings. The normalized spacial score (nSPS) is 12.0. The van der Waals surface area contributed by atoms with Gasteiger partial charge >= 0.3 is 0 Å². The second-order valence-corrected chi connectivity index (χ2v) is 12.4. The summed E-state index contributed by atoms with van der Waals surface area (Å²) in [6.45, 7) is 2.72. The third-order valence-corrected chi connectivity index (χ3v) is 7.79. The first kappa shape index (κ1) is 31.9. The second kappa shape index (κ2) is 13.8. The fourth-order valence-electron chi connectivity index (χ4n) is 4.14. The van der Waals surface area contributed by atoms with Gasteiger partial charge in [-0.15, -0.1) is 0 Å². The molecule has 0 aliphatic heterocycles. The monoisotopic (exact) mass is 620 g/mol. The Morgan fingerprint density at radius 1 is 1.00 bits per heavy atom. The van der Waals surface area contributed by atoms with Gasteiger partial charge in [-0.1, -0.05) is 65.7 Å². The molecule has 0 radical (unpaired) electrons. The highest BCUT2D eigenvalue weighted by Crippen LogP contribution is 2.26. The topological polar surface area (TPSA) is 130 Å². The van der Waals surface area contributed by atoms with Crippen molar-refractivity contribution >= 4 is 56.4 Å². The van der Waals surface area contributed by atoms with Gasteiger partial charge in [0.1, 0.15) is 12.6 Å². The van der Waals surface area contributed by atoms with Crippen LogP contribution in [0, 0.1) is 10.1 Å². The van der Waals surface area contributed by atoms with Crippen LogP contribution < -0.4 is 9.62 Å². The number of sulfonamides is 1. The van der Waals surface area contributed by atoms with Crippen LogP contribution in [-0.2, 0) is 32.6 Å². The van der Waals surface area contributed by atoms with Gasteiger partial charge in [0.05, 0.1) is 16.9 Å². The highest BCUT2D eigenvalue weighted by molar-refractivity contribution is 7.92. The Hall–Kier alpha value is -3.67. The molecule has 0 bridgehead atoms. The van der Waals surface area contributed by atoms with Crippen LogP contribution >= 0.6 is 23.2 Å². The summed E-state index contributed by atoms with van der Waals surface area (Å²) in [5.74, 6) is -1.16. The van der Waals surface area contributed by atoms with Crippen LogP contribution in [-0.4, -0.2) is 54.9 Å². The molecule has 218 valence electrons. The van der Waals surface area contributed by atoms with Gasteiger partial charge in [0.2, 0.25) is 21.8 Å². The zero-order chi connectivity index (χ0) is 30.3. The summed E-state index contributed by atoms with van der Waals surface area (Å²) < 4.78 is 26.4. The number of halogens is 2. The minimum atomic E-state index is -4.08. The van der Waals surface area contributed by atoms with Gasteiger partial charge in [0, 0.05) is 41.2 Å². The first-order chi connectivity index (χ1) is 19.3. The van der Waals surface area contributed by atoms with Crippen molar-refractivity contribution in [2.24, 2.45) is 0 Å². The molecule has 0 unspecified atom stereocenters. The third-order valence-electron chi connectivity index (χ3n) is 6.07. The minimum absolute atomic E-state index is 0.0641. The van der Waals surface area contributed by atoms with E-state index in [9.17, 15) is 28.1 Å². The SMILES string of the molecule is CC(C)NC(=O)[C@@H](Cc1ccccc1)N(Cc1ccc(Cl)cc1Cl)C(=O)CN(c1cccc([N+](=O)[O-])c1)S(C)(=O)=O. The second-order valence-electron chi connectivity index (χ2n) is 9.67. The number of benzene rings is 3. The van der Waals surface area contributed by atoms with Crippen LogP contribution in [0.1, 0.15) is 25.0 Å². The molecule has 0 aromatic heterocycles. The van der Waals surface area contributed by atoms with Crippen molar-refractivity contribution in [1.29, 1.82) is 0 Å². The maximum Gasteiger partial charge on any atom is 0.271 e. The van der Waals surface area contributed by atoms with Crippen molar-refractivity contribution in [2.75, 3.05) is 17.1 Å². The summed E-state index contributed by atoms with van der Waals surface area (Å²) in [5, 5.41) is 14.8. The van der Waals surface area contributed by atoms with Gasteiger partial charge in [-0.2, -0.15) is 0 Å². The zero-order valence-corrected chi connectivity index (χ0v) is 25.0. The molecular formula is C28H30Cl2N4O6S. The van der Waals surface area contributed by atoms with Gasteiger partial charge in [-0.3, -0.25) is 24.0 Å². The van der Waals surface area contributed by atoms with Crippen LogP contribution in [0.25, 0.3) is 0 Å². The number of anilines is 1. The van der Waals surface area contributed by atoms with Crippen LogP contribution in [0.5, 0.6) is 0 Å². The minimum Gasteiger partial charge on any atom is -0.352 e. The number of nitrogens with zero attached hydrogens (tertiary/aromatic N) is 3. The molecule has 3 aromatic carbocycles. The Morgan fingerprint density at radius 3 is 2.27 bits per heavy atom. The predicted octanol–water partition coefficient (Wildman–Crippen LogP) is 4.83. The number of nitro benzene ring substituents is 1. The molecule has 13 heteroatoms. The van der Waals surface area contributed by atoms with Crippen LogP contribution in [0.2, 0.25) is 10.0 Å². The molecule has 0 aliphatic rings. The molecule has 0 aliphatic carbocycles. The number of rotatable bonds is 12. The first-order valence-electron chi connectivity index (χ1n) is 12.6. The van der Waals surface area contributed by atoms with E-state index in [-0.39, 0.29) is 35.4 Å². The van der Waals surface area contributed by atoms with Crippen molar-refractivity contribution in [3.8, 4) is 0 Å². The van der Waals surface area contributed by atoms with E-state index >= 15 is 0 Å². The Bertz CT molecular complexity index is 1520. The number of hydrogen-bond acceptors (Lipinski definition) is 6. The molecule has 0 saturated heterocycles. The molecular weight excluding hydrogens is 591 g/mol. The Balaban J connectivity index is 2.10. The molecule has 0 heterocycles. The first-order valence-corrected chi connectivity index (χ1v) is 15.2. The molecule has 10 nitrogen and oxygen atoms in total. The van der Waals surface area contributed by atoms with E-state index in [0.29, 0.717) is 10.6 Å². The predicted molar refractivity (Wildman–Crippen MR) is 160 cm³/mol. The standard InChI is InChI=1S/C28H30Cl2N4O6S/c1-19(2)31-28(36)26(14-20-8-5-4-6-9-20)32(17-21-12-13-22(29)15-25(21)30)27(35)18-33(41(3,39)40)23-10-7-11-24(16-23)34(37)38/h4-13,15-16,19,26H,14,17-18H2,1-3H3,(H,31,36)/t26-/m1/s1. The molecule has 41 heavy (non-hydrogen) atoms. The maximum atomic E-state index is 14.0. The van der Waals surface area contributed by atoms with Gasteiger partial charge in [0.15, 0.2) is 0 Å². The van der Waals surface area contributed by atoms with Crippen molar-refractivity contribution in [3.05, 3.63) is 104 Å². The maximum absolute atomic E-state index is 14.0. The van der Waals surface area contributed by atoms with Crippen LogP contribution in [0.15, 0.2) is 72.8 Å². The van der Waals surface area contributed by atoms with E-state index in [0.717, 1.165) is 22.2 Å². The molecule has 0 spiro atoms. The summed E-state index contributed by atoms with van der Waals surface area (Å²) >= 11 is 12.5. The quantitative estimate of drug-likeness (QED) is 0.228. The zero-order valence-electron chi connectivity index (χ0n) is 22.7. The van der Waals surface area contributed by atoms with Gasteiger partial charge < -0.3 is 10.2 Å². The summed E-state index contributed by atoms with van der Waals surface area (Å²) in [6.07, 6.45) is 1.03. The fourth-order valence-corrected chi connectivity index (χ4v) is 5.45. The van der Waals surface area contributed by atoms with E-state index in [2.05, 4.69) is 5.32 Å². The lowest BCUT2D eigenvalue weighted by Gasteiger charge is -2.34. The van der Waals surface area contributed by atoms with E-state index in [1.54, 1.807) is 26.0 Å². The Kier molecular flexibility index (Phi) is 10.7. The molecule has 2 amide bonds. The van der Waals surface area contributed by atoms with E-state index in [1.807, 2.05) is 30.3 Å². The fraction of sp³-hybridized carbons (Fsp3) is 0.286. The van der Waals surface area contributed by atoms with Gasteiger partial charge in [0.25, 0.3) is 5.69 Å². The summed E-state index contributed by atoms with van der Waals surface area (Å²) in [4.78, 5) is 39.5. The Morgan fingerprint density at radius 2 is 1.68 bits per heavy atom. The average molecular weight is 622 g/mol. The highest BCUT2D eigenvalue weighted by Gasteiger charge is 2.34. The van der Waals surface area contributed by atoms with Crippen LogP contribution in [0.3, 0.4) is 0 Å². The number of carbonyl (C=O) groups excluding carboxylic acids is 2. The molecule has 3 rings (SSSR count). The highest BCUT2D eigenvalue weighted by atomic mass is 35.5. The summed E-state index contributed by atoms with van der Waals surface area (Å²) in [5.41, 5.74) is 0.855. The molecule has 1 atom stereocenters. The number of hydrogen-bond donors (Lipinski definition) is 1. The van der Waals surface area contributed by atoms with Crippen molar-refractivity contribution in [2.45, 2.75) is 38.9 Å². The number of nitro groups is 1. The smallest absolute Gasteiger partial charge is 0.271 e. The van der Waals surface area contributed by atoms with E-state index < -0.39 is 39.3 Å². The Labute approximate surface area is 249 Å². The van der Waals surface area contributed by atoms with Gasteiger partial charge in [-0.25, -0.2) is 8.42 Å². The summed E-state index contributed by atoms with van der Waals surface area (Å²) in [7, 11) is -4.08. The third kappa shape index (κ3) is 8.91. The van der Waals surface area contributed by atoms with Crippen molar-refractivity contribution in [1.82, 2.24) is 10.2 Å². The molecule has 1 N–H and O–H groups in total. The van der Waals surface area contributed by atoms with Crippen molar-refractivity contribution < 1.29 is 22.9 Å². The van der Waals surface area contributed by atoms with Crippen molar-refractivity contribution in [3.63, 3.8) is 0 Å². The largest absolute Gasteiger partial charge is 0.352 e. The van der Waals surface area contributed by atoms with Crippen LogP contribution in [0.4, 0.5) is 11.4 Å². The number of carbonyl (C=O) groups is 2. The average Bonchev–Trinajstić information content (AvgIpc) is 2.89. The number of non-ortho nitro benzene ring substituents is 1. The number of nitrogens with one attached hydrogen (secondary N) is 1. The lowest BCUT2D eigenvalue weighted by Crippen LogP contribution is -2.54. The lowest BCUT2D eigenvalue weighted by atomic mass is 10.0. The summed E-state index contributed by atoms with van der Waals surface area (Å²) in [6, 6.07) is 17.5. The van der Waals surface area contributed by atoms with E-state index in [1.165, 1.54) is 29.2 Å². The lowest BCUT2D eigenvalue weighted by molar-refractivity contribution is -0.384.